The van der Waals surface area contributed by atoms with E-state index >= 15 is 0 Å². The van der Waals surface area contributed by atoms with Crippen LogP contribution >= 0.6 is 0 Å². The number of nitrogens with two attached hydrogens (primary N) is 1. The van der Waals surface area contributed by atoms with Gasteiger partial charge in [-0.05, 0) is 24.9 Å². The van der Waals surface area contributed by atoms with Crippen molar-refractivity contribution < 1.29 is 9.90 Å². The number of aliphatic hydroxyl groups excluding tert-OH is 1. The SMILES string of the molecule is NCCCCC(=O)N(CCO)Cc1ccccc1. The van der Waals surface area contributed by atoms with Gasteiger partial charge >= 0.3 is 0 Å². The van der Waals surface area contributed by atoms with E-state index in [-0.39, 0.29) is 12.5 Å². The Morgan fingerprint density at radius 1 is 1.22 bits per heavy atom. The van der Waals surface area contributed by atoms with Crippen molar-refractivity contribution in [3.63, 3.8) is 0 Å². The van der Waals surface area contributed by atoms with Crippen molar-refractivity contribution >= 4 is 5.91 Å². The molecule has 0 radical (unpaired) electrons. The van der Waals surface area contributed by atoms with Crippen LogP contribution in [0.1, 0.15) is 24.8 Å². The fraction of sp³-hybridized carbons (Fsp3) is 0.500. The summed E-state index contributed by atoms with van der Waals surface area (Å²) in [5, 5.41) is 9.02. The second kappa shape index (κ2) is 8.66. The van der Waals surface area contributed by atoms with E-state index in [0.29, 0.717) is 26.1 Å². The van der Waals surface area contributed by atoms with Gasteiger partial charge in [-0.15, -0.1) is 0 Å². The van der Waals surface area contributed by atoms with Gasteiger partial charge in [0.2, 0.25) is 5.91 Å². The summed E-state index contributed by atoms with van der Waals surface area (Å²) >= 11 is 0. The zero-order valence-corrected chi connectivity index (χ0v) is 10.7. The first-order chi connectivity index (χ1) is 8.77. The Balaban J connectivity index is 2.50. The summed E-state index contributed by atoms with van der Waals surface area (Å²) in [5.41, 5.74) is 6.49. The van der Waals surface area contributed by atoms with Crippen LogP contribution in [0.25, 0.3) is 0 Å². The second-order valence-electron chi connectivity index (χ2n) is 4.27. The molecule has 100 valence electrons. The molecule has 0 atom stereocenters. The van der Waals surface area contributed by atoms with E-state index in [0.717, 1.165) is 18.4 Å². The van der Waals surface area contributed by atoms with Crippen molar-refractivity contribution in [3.05, 3.63) is 35.9 Å². The highest BCUT2D eigenvalue weighted by Crippen LogP contribution is 2.07. The first-order valence-electron chi connectivity index (χ1n) is 6.40. The molecule has 0 saturated heterocycles. The van der Waals surface area contributed by atoms with E-state index in [9.17, 15) is 4.79 Å². The Kier molecular flexibility index (Phi) is 7.06. The highest BCUT2D eigenvalue weighted by molar-refractivity contribution is 5.76. The molecule has 0 aliphatic rings. The Morgan fingerprint density at radius 2 is 1.94 bits per heavy atom. The van der Waals surface area contributed by atoms with Crippen molar-refractivity contribution in [1.82, 2.24) is 4.90 Å². The summed E-state index contributed by atoms with van der Waals surface area (Å²) in [6, 6.07) is 9.81. The van der Waals surface area contributed by atoms with Crippen molar-refractivity contribution in [2.24, 2.45) is 5.73 Å². The van der Waals surface area contributed by atoms with Crippen LogP contribution in [0.5, 0.6) is 0 Å². The van der Waals surface area contributed by atoms with Crippen molar-refractivity contribution in [3.8, 4) is 0 Å². The molecule has 0 aliphatic heterocycles. The summed E-state index contributed by atoms with van der Waals surface area (Å²) in [5.74, 6) is 0.0846. The van der Waals surface area contributed by atoms with E-state index < -0.39 is 0 Å². The van der Waals surface area contributed by atoms with Gasteiger partial charge in [0.05, 0.1) is 6.61 Å². The number of amides is 1. The molecule has 18 heavy (non-hydrogen) atoms. The highest BCUT2D eigenvalue weighted by Gasteiger charge is 2.12. The molecule has 0 aromatic heterocycles. The predicted octanol–water partition coefficient (Wildman–Crippen LogP) is 1.14. The lowest BCUT2D eigenvalue weighted by molar-refractivity contribution is -0.132. The maximum atomic E-state index is 12.0. The van der Waals surface area contributed by atoms with Crippen LogP contribution < -0.4 is 5.73 Å². The first-order valence-corrected chi connectivity index (χ1v) is 6.40. The van der Waals surface area contributed by atoms with Gasteiger partial charge in [0.25, 0.3) is 0 Å². The molecule has 0 unspecified atom stereocenters. The van der Waals surface area contributed by atoms with Crippen molar-refractivity contribution in [1.29, 1.82) is 0 Å². The van der Waals surface area contributed by atoms with Gasteiger partial charge in [0.15, 0.2) is 0 Å². The molecule has 0 saturated carbocycles. The molecular weight excluding hydrogens is 228 g/mol. The largest absolute Gasteiger partial charge is 0.395 e. The van der Waals surface area contributed by atoms with Crippen LogP contribution in [0.2, 0.25) is 0 Å². The molecular formula is C14H22N2O2. The molecule has 3 N–H and O–H groups in total. The maximum absolute atomic E-state index is 12.0. The molecule has 0 aliphatic carbocycles. The summed E-state index contributed by atoms with van der Waals surface area (Å²) in [6.45, 7) is 1.56. The maximum Gasteiger partial charge on any atom is 0.222 e. The van der Waals surface area contributed by atoms with Gasteiger partial charge in [-0.2, -0.15) is 0 Å². The minimum Gasteiger partial charge on any atom is -0.395 e. The van der Waals surface area contributed by atoms with E-state index in [1.165, 1.54) is 0 Å². The van der Waals surface area contributed by atoms with Gasteiger partial charge in [-0.3, -0.25) is 4.79 Å². The fourth-order valence-electron chi connectivity index (χ4n) is 1.80. The van der Waals surface area contributed by atoms with Gasteiger partial charge in [-0.1, -0.05) is 30.3 Å². The number of hydrogen-bond acceptors (Lipinski definition) is 3. The van der Waals surface area contributed by atoms with Crippen molar-refractivity contribution in [2.75, 3.05) is 19.7 Å². The quantitative estimate of drug-likeness (QED) is 0.680. The van der Waals surface area contributed by atoms with E-state index in [4.69, 9.17) is 10.8 Å². The summed E-state index contributed by atoms with van der Waals surface area (Å²) in [7, 11) is 0. The number of hydrogen-bond donors (Lipinski definition) is 2. The van der Waals surface area contributed by atoms with Gasteiger partial charge in [0.1, 0.15) is 0 Å². The zero-order valence-electron chi connectivity index (χ0n) is 10.7. The average Bonchev–Trinajstić information content (AvgIpc) is 2.39. The first kappa shape index (κ1) is 14.7. The summed E-state index contributed by atoms with van der Waals surface area (Å²) < 4.78 is 0. The average molecular weight is 250 g/mol. The number of unbranched alkanes of at least 4 members (excludes halogenated alkanes) is 1. The van der Waals surface area contributed by atoms with Gasteiger partial charge < -0.3 is 15.7 Å². The molecule has 1 rings (SSSR count). The molecule has 0 bridgehead atoms. The smallest absolute Gasteiger partial charge is 0.222 e. The van der Waals surface area contributed by atoms with Gasteiger partial charge in [-0.25, -0.2) is 0 Å². The summed E-state index contributed by atoms with van der Waals surface area (Å²) in [6.07, 6.45) is 2.18. The normalized spacial score (nSPS) is 10.3. The topological polar surface area (TPSA) is 66.6 Å². The third-order valence-electron chi connectivity index (χ3n) is 2.78. The lowest BCUT2D eigenvalue weighted by atomic mass is 10.2. The Labute approximate surface area is 108 Å². The Bertz CT molecular complexity index is 341. The standard InChI is InChI=1S/C14H22N2O2/c15-9-5-4-8-14(18)16(10-11-17)12-13-6-2-1-3-7-13/h1-3,6-7,17H,4-5,8-12,15H2. The molecule has 4 heteroatoms. The number of nitrogens with zero attached hydrogens (tertiary/aromatic N) is 1. The monoisotopic (exact) mass is 250 g/mol. The molecule has 0 spiro atoms. The van der Waals surface area contributed by atoms with Gasteiger partial charge in [0, 0.05) is 19.5 Å². The fourth-order valence-corrected chi connectivity index (χ4v) is 1.80. The molecule has 0 heterocycles. The lowest BCUT2D eigenvalue weighted by Crippen LogP contribution is -2.33. The van der Waals surface area contributed by atoms with Crippen LogP contribution in [-0.4, -0.2) is 35.6 Å². The highest BCUT2D eigenvalue weighted by atomic mass is 16.3. The second-order valence-corrected chi connectivity index (χ2v) is 4.27. The Hall–Kier alpha value is -1.39. The van der Waals surface area contributed by atoms with Crippen LogP contribution in [0.15, 0.2) is 30.3 Å². The van der Waals surface area contributed by atoms with Crippen LogP contribution in [0, 0.1) is 0 Å². The van der Waals surface area contributed by atoms with Crippen LogP contribution in [-0.2, 0) is 11.3 Å². The number of benzene rings is 1. The molecule has 0 fully saturated rings. The van der Waals surface area contributed by atoms with E-state index in [2.05, 4.69) is 0 Å². The predicted molar refractivity (Wildman–Crippen MR) is 71.9 cm³/mol. The lowest BCUT2D eigenvalue weighted by Gasteiger charge is -2.22. The minimum absolute atomic E-state index is 0.00450. The Morgan fingerprint density at radius 3 is 2.56 bits per heavy atom. The number of carbonyl (C=O) groups is 1. The van der Waals surface area contributed by atoms with Crippen LogP contribution in [0.3, 0.4) is 0 Å². The molecule has 4 nitrogen and oxygen atoms in total. The minimum atomic E-state index is -0.00450. The number of aliphatic hydroxyl groups is 1. The van der Waals surface area contributed by atoms with Crippen molar-refractivity contribution in [2.45, 2.75) is 25.8 Å². The number of rotatable bonds is 8. The molecule has 1 aromatic rings. The van der Waals surface area contributed by atoms with E-state index in [1.54, 1.807) is 4.90 Å². The summed E-state index contributed by atoms with van der Waals surface area (Å²) in [4.78, 5) is 13.7. The molecule has 1 aromatic carbocycles. The zero-order chi connectivity index (χ0) is 13.2. The third-order valence-corrected chi connectivity index (χ3v) is 2.78. The van der Waals surface area contributed by atoms with Crippen LogP contribution in [0.4, 0.5) is 0 Å². The number of carbonyl (C=O) groups excluding carboxylic acids is 1. The van der Waals surface area contributed by atoms with E-state index in [1.807, 2.05) is 30.3 Å². The molecule has 1 amide bonds. The third kappa shape index (κ3) is 5.29.